The molecule has 2 aromatic heterocycles. The Hall–Kier alpha value is -1.72. The summed E-state index contributed by atoms with van der Waals surface area (Å²) in [6.07, 6.45) is 2.68. The van der Waals surface area contributed by atoms with Gasteiger partial charge in [-0.15, -0.1) is 11.3 Å². The molecule has 3 rings (SSSR count). The molecule has 0 atom stereocenters. The molecule has 11 heteroatoms. The second-order valence-electron chi connectivity index (χ2n) is 5.98. The summed E-state index contributed by atoms with van der Waals surface area (Å²) in [6, 6.07) is 1.42. The van der Waals surface area contributed by atoms with Gasteiger partial charge in [0.1, 0.15) is 4.21 Å². The van der Waals surface area contributed by atoms with Gasteiger partial charge in [-0.2, -0.15) is 0 Å². The maximum atomic E-state index is 11.7. The molecule has 1 aliphatic rings. The summed E-state index contributed by atoms with van der Waals surface area (Å²) in [7, 11) is -3.46. The zero-order valence-corrected chi connectivity index (χ0v) is 16.2. The van der Waals surface area contributed by atoms with Crippen LogP contribution in [0.2, 0.25) is 0 Å². The van der Waals surface area contributed by atoms with Crippen LogP contribution in [0.25, 0.3) is 0 Å². The van der Waals surface area contributed by atoms with Gasteiger partial charge in [0.05, 0.1) is 10.6 Å². The summed E-state index contributed by atoms with van der Waals surface area (Å²) < 4.78 is 23.5. The Bertz CT molecular complexity index is 882. The lowest BCUT2D eigenvalue weighted by atomic mass is 10.1. The fourth-order valence-corrected chi connectivity index (χ4v) is 5.56. The number of rotatable bonds is 5. The van der Waals surface area contributed by atoms with Gasteiger partial charge in [-0.25, -0.2) is 13.4 Å². The average Bonchev–Trinajstić information content (AvgIpc) is 3.14. The Morgan fingerprint density at radius 3 is 2.60 bits per heavy atom. The van der Waals surface area contributed by atoms with E-state index in [0.29, 0.717) is 18.1 Å². The maximum Gasteiger partial charge on any atom is 0.305 e. The number of nitrogens with zero attached hydrogens (tertiary/aromatic N) is 3. The third-order valence-electron chi connectivity index (χ3n) is 3.96. The number of sulfone groups is 1. The van der Waals surface area contributed by atoms with Crippen LogP contribution in [0.4, 0.5) is 15.8 Å². The summed E-state index contributed by atoms with van der Waals surface area (Å²) >= 11 is 2.54. The van der Waals surface area contributed by atoms with Gasteiger partial charge in [0, 0.05) is 36.8 Å². The predicted octanol–water partition coefficient (Wildman–Crippen LogP) is 2.91. The van der Waals surface area contributed by atoms with E-state index in [0.717, 1.165) is 47.3 Å². The van der Waals surface area contributed by atoms with Gasteiger partial charge >= 0.3 is 5.69 Å². The molecule has 136 valence electrons. The molecule has 0 spiro atoms. The molecule has 25 heavy (non-hydrogen) atoms. The number of piperidine rings is 1. The zero-order chi connectivity index (χ0) is 18.2. The Balaban J connectivity index is 1.72. The number of thiophene rings is 1. The number of nitrogens with one attached hydrogen (secondary N) is 1. The molecule has 1 saturated heterocycles. The fourth-order valence-electron chi connectivity index (χ4n) is 2.71. The summed E-state index contributed by atoms with van der Waals surface area (Å²) in [5.74, 6) is 0. The van der Waals surface area contributed by atoms with Crippen molar-refractivity contribution >= 4 is 48.3 Å². The van der Waals surface area contributed by atoms with Crippen LogP contribution in [-0.2, 0) is 9.84 Å². The van der Waals surface area contributed by atoms with E-state index in [1.165, 1.54) is 0 Å². The van der Waals surface area contributed by atoms with Crippen molar-refractivity contribution in [2.75, 3.05) is 29.6 Å². The van der Waals surface area contributed by atoms with Crippen LogP contribution in [0.1, 0.15) is 18.5 Å². The first kappa shape index (κ1) is 18.1. The van der Waals surface area contributed by atoms with Crippen LogP contribution in [0, 0.1) is 17.0 Å². The molecule has 1 fully saturated rings. The third kappa shape index (κ3) is 4.10. The zero-order valence-electron chi connectivity index (χ0n) is 13.8. The van der Waals surface area contributed by atoms with Crippen molar-refractivity contribution in [3.63, 3.8) is 0 Å². The molecule has 0 radical (unpaired) electrons. The summed E-state index contributed by atoms with van der Waals surface area (Å²) in [5, 5.41) is 18.0. The van der Waals surface area contributed by atoms with E-state index in [1.54, 1.807) is 11.3 Å². The van der Waals surface area contributed by atoms with Gasteiger partial charge in [0.25, 0.3) is 0 Å². The Morgan fingerprint density at radius 1 is 1.40 bits per heavy atom. The van der Waals surface area contributed by atoms with Crippen LogP contribution in [0.15, 0.2) is 15.7 Å². The van der Waals surface area contributed by atoms with E-state index < -0.39 is 14.8 Å². The lowest BCUT2D eigenvalue weighted by Gasteiger charge is -2.32. The van der Waals surface area contributed by atoms with Gasteiger partial charge < -0.3 is 10.2 Å². The quantitative estimate of drug-likeness (QED) is 0.605. The molecule has 3 heterocycles. The highest BCUT2D eigenvalue weighted by molar-refractivity contribution is 7.92. The van der Waals surface area contributed by atoms with Crippen LogP contribution in [-0.4, -0.2) is 43.7 Å². The van der Waals surface area contributed by atoms with Crippen molar-refractivity contribution in [2.45, 2.75) is 30.0 Å². The maximum absolute atomic E-state index is 11.7. The van der Waals surface area contributed by atoms with Gasteiger partial charge in [0.15, 0.2) is 20.0 Å². The monoisotopic (exact) mass is 402 g/mol. The number of aromatic nitrogens is 1. The Kier molecular flexibility index (Phi) is 4.98. The van der Waals surface area contributed by atoms with Crippen LogP contribution in [0.5, 0.6) is 0 Å². The lowest BCUT2D eigenvalue weighted by molar-refractivity contribution is -0.383. The van der Waals surface area contributed by atoms with Crippen molar-refractivity contribution in [1.29, 1.82) is 0 Å². The number of anilines is 2. The molecular weight excluding hydrogens is 384 g/mol. The SMILES string of the molecule is Cc1csc(NC2CCN(c3sc(S(C)(=O)=O)cc3[N+](=O)[O-])CC2)n1. The van der Waals surface area contributed by atoms with Crippen molar-refractivity contribution in [2.24, 2.45) is 0 Å². The van der Waals surface area contributed by atoms with Crippen LogP contribution < -0.4 is 10.2 Å². The minimum atomic E-state index is -3.46. The normalized spacial score (nSPS) is 16.2. The highest BCUT2D eigenvalue weighted by Crippen LogP contribution is 2.41. The second-order valence-corrected chi connectivity index (χ2v) is 10.1. The molecule has 0 aliphatic carbocycles. The summed E-state index contributed by atoms with van der Waals surface area (Å²) in [5.41, 5.74) is 0.847. The largest absolute Gasteiger partial charge is 0.359 e. The molecule has 0 bridgehead atoms. The Labute approximate surface area is 153 Å². The number of nitro groups is 1. The minimum Gasteiger partial charge on any atom is -0.359 e. The number of hydrogen-bond acceptors (Lipinski definition) is 9. The highest BCUT2D eigenvalue weighted by Gasteiger charge is 2.30. The summed E-state index contributed by atoms with van der Waals surface area (Å²) in [6.45, 7) is 3.21. The standard InChI is InChI=1S/C14H18N4O4S3/c1-9-8-23-14(15-9)16-10-3-5-17(6-4-10)13-11(18(19)20)7-12(24-13)25(2,21)22/h7-8,10H,3-6H2,1-2H3,(H,15,16). The minimum absolute atomic E-state index is 0.0349. The van der Waals surface area contributed by atoms with Crippen LogP contribution in [0.3, 0.4) is 0 Å². The molecule has 1 aliphatic heterocycles. The molecule has 0 amide bonds. The molecule has 0 aromatic carbocycles. The third-order valence-corrected chi connectivity index (χ3v) is 7.84. The van der Waals surface area contributed by atoms with Crippen molar-refractivity contribution in [1.82, 2.24) is 4.98 Å². The van der Waals surface area contributed by atoms with Gasteiger partial charge in [0.2, 0.25) is 0 Å². The molecule has 2 aromatic rings. The van der Waals surface area contributed by atoms with Crippen LogP contribution >= 0.6 is 22.7 Å². The first-order chi connectivity index (χ1) is 11.7. The molecule has 0 unspecified atom stereocenters. The van der Waals surface area contributed by atoms with E-state index in [-0.39, 0.29) is 15.9 Å². The smallest absolute Gasteiger partial charge is 0.305 e. The lowest BCUT2D eigenvalue weighted by Crippen LogP contribution is -2.39. The van der Waals surface area contributed by atoms with Crippen molar-refractivity contribution < 1.29 is 13.3 Å². The van der Waals surface area contributed by atoms with E-state index in [9.17, 15) is 18.5 Å². The molecule has 1 N–H and O–H groups in total. The van der Waals surface area contributed by atoms with E-state index in [4.69, 9.17) is 0 Å². The molecule has 0 saturated carbocycles. The van der Waals surface area contributed by atoms with Gasteiger partial charge in [-0.05, 0) is 19.8 Å². The Morgan fingerprint density at radius 2 is 2.08 bits per heavy atom. The molecular formula is C14H18N4O4S3. The van der Waals surface area contributed by atoms with E-state index in [1.807, 2.05) is 17.2 Å². The summed E-state index contributed by atoms with van der Waals surface area (Å²) in [4.78, 5) is 17.1. The topological polar surface area (TPSA) is 105 Å². The van der Waals surface area contributed by atoms with E-state index in [2.05, 4.69) is 10.3 Å². The predicted molar refractivity (Wildman–Crippen MR) is 99.8 cm³/mol. The number of thiazole rings is 1. The fraction of sp³-hybridized carbons (Fsp3) is 0.500. The second kappa shape index (κ2) is 6.89. The van der Waals surface area contributed by atoms with Crippen molar-refractivity contribution in [3.8, 4) is 0 Å². The van der Waals surface area contributed by atoms with E-state index >= 15 is 0 Å². The number of aryl methyl sites for hydroxylation is 1. The number of hydrogen-bond donors (Lipinski definition) is 1. The van der Waals surface area contributed by atoms with Gasteiger partial charge in [-0.1, -0.05) is 11.3 Å². The first-order valence-electron chi connectivity index (χ1n) is 7.66. The highest BCUT2D eigenvalue weighted by atomic mass is 32.2. The average molecular weight is 403 g/mol. The van der Waals surface area contributed by atoms with Crippen molar-refractivity contribution in [3.05, 3.63) is 27.3 Å². The molecule has 8 nitrogen and oxygen atoms in total. The van der Waals surface area contributed by atoms with Gasteiger partial charge in [-0.3, -0.25) is 10.1 Å². The first-order valence-corrected chi connectivity index (χ1v) is 11.2.